The molecule has 2 heterocycles. The third-order valence-electron chi connectivity index (χ3n) is 2.99. The molecule has 0 bridgehead atoms. The van der Waals surface area contributed by atoms with Crippen molar-refractivity contribution in [2.24, 2.45) is 0 Å². The summed E-state index contributed by atoms with van der Waals surface area (Å²) in [5.74, 6) is 0.883. The van der Waals surface area contributed by atoms with Gasteiger partial charge in [0.1, 0.15) is 6.54 Å². The van der Waals surface area contributed by atoms with Gasteiger partial charge in [0.25, 0.3) is 5.24 Å². The van der Waals surface area contributed by atoms with Gasteiger partial charge < -0.3 is 15.1 Å². The number of carbonyl (C=O) groups excluding carboxylic acids is 2. The lowest BCUT2D eigenvalue weighted by Crippen LogP contribution is -2.54. The Balaban J connectivity index is 1.89. The standard InChI is InChI=1S/C10H17N3O2S/c1-8-6-11-2-3-13(8)9(14)7-12-4-5-16-10(12)15/h8,11H,2-7H2,1H3/t8-/m1/s1. The predicted octanol–water partition coefficient (Wildman–Crippen LogP) is -0.0245. The fourth-order valence-electron chi connectivity index (χ4n) is 2.03. The molecule has 0 radical (unpaired) electrons. The van der Waals surface area contributed by atoms with Crippen molar-refractivity contribution < 1.29 is 9.59 Å². The van der Waals surface area contributed by atoms with E-state index >= 15 is 0 Å². The SMILES string of the molecule is C[C@@H]1CNCCN1C(=O)CN1CCSC1=O. The van der Waals surface area contributed by atoms with Crippen LogP contribution in [0.15, 0.2) is 0 Å². The molecule has 2 amide bonds. The van der Waals surface area contributed by atoms with E-state index in [-0.39, 0.29) is 23.7 Å². The molecule has 2 aliphatic rings. The number of rotatable bonds is 2. The van der Waals surface area contributed by atoms with Crippen LogP contribution in [0.1, 0.15) is 6.92 Å². The highest BCUT2D eigenvalue weighted by Crippen LogP contribution is 2.17. The van der Waals surface area contributed by atoms with Gasteiger partial charge in [0, 0.05) is 38.0 Å². The number of hydrogen-bond acceptors (Lipinski definition) is 4. The van der Waals surface area contributed by atoms with Crippen LogP contribution in [-0.4, -0.2) is 65.5 Å². The zero-order valence-corrected chi connectivity index (χ0v) is 10.3. The second kappa shape index (κ2) is 5.05. The number of carbonyl (C=O) groups is 2. The van der Waals surface area contributed by atoms with Crippen LogP contribution in [0.4, 0.5) is 4.79 Å². The summed E-state index contributed by atoms with van der Waals surface area (Å²) in [7, 11) is 0. The largest absolute Gasteiger partial charge is 0.336 e. The summed E-state index contributed by atoms with van der Waals surface area (Å²) in [5, 5.41) is 3.28. The van der Waals surface area contributed by atoms with Crippen LogP contribution in [0, 0.1) is 0 Å². The van der Waals surface area contributed by atoms with Crippen molar-refractivity contribution in [1.82, 2.24) is 15.1 Å². The van der Waals surface area contributed by atoms with Gasteiger partial charge in [0.15, 0.2) is 0 Å². The van der Waals surface area contributed by atoms with E-state index < -0.39 is 0 Å². The first kappa shape index (κ1) is 11.7. The van der Waals surface area contributed by atoms with Gasteiger partial charge in [-0.25, -0.2) is 0 Å². The smallest absolute Gasteiger partial charge is 0.282 e. The molecule has 0 aromatic rings. The maximum atomic E-state index is 12.0. The lowest BCUT2D eigenvalue weighted by Gasteiger charge is -2.34. The molecule has 2 saturated heterocycles. The molecule has 16 heavy (non-hydrogen) atoms. The van der Waals surface area contributed by atoms with Gasteiger partial charge in [-0.15, -0.1) is 0 Å². The summed E-state index contributed by atoms with van der Waals surface area (Å²) in [6.45, 7) is 5.42. The molecule has 0 aromatic carbocycles. The minimum Gasteiger partial charge on any atom is -0.336 e. The molecule has 1 N–H and O–H groups in total. The fraction of sp³-hybridized carbons (Fsp3) is 0.800. The first-order chi connectivity index (χ1) is 7.68. The normalized spacial score (nSPS) is 26.3. The number of nitrogens with one attached hydrogen (secondary N) is 1. The van der Waals surface area contributed by atoms with Crippen molar-refractivity contribution in [1.29, 1.82) is 0 Å². The first-order valence-corrected chi connectivity index (χ1v) is 6.59. The molecule has 1 atom stereocenters. The van der Waals surface area contributed by atoms with Gasteiger partial charge in [-0.1, -0.05) is 11.8 Å². The quantitative estimate of drug-likeness (QED) is 0.740. The molecule has 0 aromatic heterocycles. The molecule has 0 spiro atoms. The van der Waals surface area contributed by atoms with Crippen LogP contribution in [0.25, 0.3) is 0 Å². The van der Waals surface area contributed by atoms with Gasteiger partial charge in [0.2, 0.25) is 5.91 Å². The summed E-state index contributed by atoms with van der Waals surface area (Å²) in [5.41, 5.74) is 0. The summed E-state index contributed by atoms with van der Waals surface area (Å²) >= 11 is 1.30. The van der Waals surface area contributed by atoms with Crippen LogP contribution < -0.4 is 5.32 Å². The molecule has 0 saturated carbocycles. The van der Waals surface area contributed by atoms with Crippen LogP contribution in [-0.2, 0) is 4.79 Å². The second-order valence-electron chi connectivity index (χ2n) is 4.18. The lowest BCUT2D eigenvalue weighted by atomic mass is 10.2. The minimum atomic E-state index is 0.0381. The molecule has 5 nitrogen and oxygen atoms in total. The number of thioether (sulfide) groups is 1. The molecular formula is C10H17N3O2S. The summed E-state index contributed by atoms with van der Waals surface area (Å²) in [6, 6.07) is 0.228. The third-order valence-corrected chi connectivity index (χ3v) is 3.88. The maximum absolute atomic E-state index is 12.0. The zero-order chi connectivity index (χ0) is 11.5. The van der Waals surface area contributed by atoms with Crippen LogP contribution in [0.3, 0.4) is 0 Å². The number of nitrogens with zero attached hydrogens (tertiary/aromatic N) is 2. The third kappa shape index (κ3) is 2.49. The van der Waals surface area contributed by atoms with E-state index in [4.69, 9.17) is 0 Å². The number of piperazine rings is 1. The summed E-state index contributed by atoms with van der Waals surface area (Å²) < 4.78 is 0. The van der Waals surface area contributed by atoms with Crippen LogP contribution >= 0.6 is 11.8 Å². The van der Waals surface area contributed by atoms with Crippen molar-refractivity contribution in [3.8, 4) is 0 Å². The highest BCUT2D eigenvalue weighted by Gasteiger charge is 2.28. The Morgan fingerprint density at radius 1 is 1.56 bits per heavy atom. The second-order valence-corrected chi connectivity index (χ2v) is 5.22. The molecule has 2 rings (SSSR count). The average Bonchev–Trinajstić information content (AvgIpc) is 2.65. The Hall–Kier alpha value is -0.750. The Morgan fingerprint density at radius 2 is 2.38 bits per heavy atom. The van der Waals surface area contributed by atoms with E-state index in [0.717, 1.165) is 25.4 Å². The van der Waals surface area contributed by atoms with Gasteiger partial charge in [-0.2, -0.15) is 0 Å². The summed E-state index contributed by atoms with van der Waals surface area (Å²) in [4.78, 5) is 26.9. The van der Waals surface area contributed by atoms with E-state index in [1.165, 1.54) is 11.8 Å². The van der Waals surface area contributed by atoms with E-state index in [9.17, 15) is 9.59 Å². The monoisotopic (exact) mass is 243 g/mol. The Kier molecular flexibility index (Phi) is 3.70. The molecule has 2 fully saturated rings. The molecule has 90 valence electrons. The van der Waals surface area contributed by atoms with Gasteiger partial charge in [-0.3, -0.25) is 9.59 Å². The van der Waals surface area contributed by atoms with E-state index in [0.29, 0.717) is 6.54 Å². The van der Waals surface area contributed by atoms with Gasteiger partial charge >= 0.3 is 0 Å². The molecule has 0 aliphatic carbocycles. The van der Waals surface area contributed by atoms with Crippen LogP contribution in [0.5, 0.6) is 0 Å². The van der Waals surface area contributed by atoms with Crippen molar-refractivity contribution in [2.45, 2.75) is 13.0 Å². The predicted molar refractivity (Wildman–Crippen MR) is 63.5 cm³/mol. The van der Waals surface area contributed by atoms with Gasteiger partial charge in [0.05, 0.1) is 0 Å². The Bertz CT molecular complexity index is 298. The Labute approximate surface area is 99.5 Å². The van der Waals surface area contributed by atoms with Crippen molar-refractivity contribution in [3.05, 3.63) is 0 Å². The molecule has 0 unspecified atom stereocenters. The maximum Gasteiger partial charge on any atom is 0.282 e. The highest BCUT2D eigenvalue weighted by molar-refractivity contribution is 8.13. The number of hydrogen-bond donors (Lipinski definition) is 1. The van der Waals surface area contributed by atoms with E-state index in [1.807, 2.05) is 11.8 Å². The first-order valence-electron chi connectivity index (χ1n) is 5.60. The zero-order valence-electron chi connectivity index (χ0n) is 9.44. The topological polar surface area (TPSA) is 52.7 Å². The van der Waals surface area contributed by atoms with Gasteiger partial charge in [-0.05, 0) is 6.92 Å². The molecular weight excluding hydrogens is 226 g/mol. The average molecular weight is 243 g/mol. The molecule has 6 heteroatoms. The van der Waals surface area contributed by atoms with E-state index in [1.54, 1.807) is 4.90 Å². The lowest BCUT2D eigenvalue weighted by molar-refractivity contribution is -0.134. The molecule has 2 aliphatic heterocycles. The van der Waals surface area contributed by atoms with Crippen molar-refractivity contribution in [3.63, 3.8) is 0 Å². The van der Waals surface area contributed by atoms with Crippen LogP contribution in [0.2, 0.25) is 0 Å². The minimum absolute atomic E-state index is 0.0381. The fourth-order valence-corrected chi connectivity index (χ4v) is 2.86. The number of amides is 2. The highest BCUT2D eigenvalue weighted by atomic mass is 32.2. The Morgan fingerprint density at radius 3 is 3.00 bits per heavy atom. The van der Waals surface area contributed by atoms with Crippen molar-refractivity contribution in [2.75, 3.05) is 38.5 Å². The van der Waals surface area contributed by atoms with Crippen molar-refractivity contribution >= 4 is 22.9 Å². The summed E-state index contributed by atoms with van der Waals surface area (Å²) in [6.07, 6.45) is 0. The van der Waals surface area contributed by atoms with E-state index in [2.05, 4.69) is 5.32 Å².